The molecule has 0 radical (unpaired) electrons. The number of carbonyl (C=O) groups excluding carboxylic acids is 1. The average molecular weight is 269 g/mol. The van der Waals surface area contributed by atoms with Crippen LogP contribution in [-0.4, -0.2) is 11.0 Å². The van der Waals surface area contributed by atoms with Gasteiger partial charge >= 0.3 is 6.03 Å². The molecule has 1 aromatic heterocycles. The monoisotopic (exact) mass is 269 g/mol. The number of hydrogen-bond acceptors (Lipinski definition) is 2. The van der Waals surface area contributed by atoms with Gasteiger partial charge in [-0.25, -0.2) is 4.79 Å². The van der Waals surface area contributed by atoms with E-state index in [9.17, 15) is 4.79 Å². The first-order valence-electron chi connectivity index (χ1n) is 6.69. The highest BCUT2D eigenvalue weighted by atomic mass is 16.2. The molecule has 0 unspecified atom stereocenters. The van der Waals surface area contributed by atoms with Gasteiger partial charge in [0.2, 0.25) is 0 Å². The van der Waals surface area contributed by atoms with Crippen molar-refractivity contribution in [2.75, 3.05) is 5.32 Å². The van der Waals surface area contributed by atoms with Gasteiger partial charge in [-0.2, -0.15) is 0 Å². The second-order valence-corrected chi connectivity index (χ2v) is 4.95. The number of hydrogen-bond donors (Lipinski definition) is 2. The van der Waals surface area contributed by atoms with Gasteiger partial charge in [-0.05, 0) is 35.2 Å². The molecule has 0 aliphatic rings. The van der Waals surface area contributed by atoms with Crippen LogP contribution in [-0.2, 0) is 6.54 Å². The van der Waals surface area contributed by atoms with E-state index < -0.39 is 0 Å². The Hall–Kier alpha value is -2.36. The maximum atomic E-state index is 11.8. The van der Waals surface area contributed by atoms with Crippen molar-refractivity contribution >= 4 is 11.7 Å². The maximum absolute atomic E-state index is 11.8. The number of carbonyl (C=O) groups is 1. The molecule has 1 heterocycles. The van der Waals surface area contributed by atoms with E-state index in [0.717, 1.165) is 11.3 Å². The van der Waals surface area contributed by atoms with E-state index in [-0.39, 0.29) is 6.03 Å². The summed E-state index contributed by atoms with van der Waals surface area (Å²) in [6.07, 6.45) is 3.45. The number of anilines is 1. The molecule has 2 amide bonds. The highest BCUT2D eigenvalue weighted by Crippen LogP contribution is 2.18. The number of nitrogens with zero attached hydrogens (tertiary/aromatic N) is 1. The fraction of sp³-hybridized carbons (Fsp3) is 0.250. The zero-order valence-corrected chi connectivity index (χ0v) is 11.8. The first-order valence-corrected chi connectivity index (χ1v) is 6.69. The van der Waals surface area contributed by atoms with Crippen molar-refractivity contribution in [2.24, 2.45) is 0 Å². The van der Waals surface area contributed by atoms with Crippen LogP contribution in [0.2, 0.25) is 0 Å². The number of pyridine rings is 1. The fourth-order valence-electron chi connectivity index (χ4n) is 1.84. The van der Waals surface area contributed by atoms with Crippen molar-refractivity contribution in [3.63, 3.8) is 0 Å². The Balaban J connectivity index is 1.90. The van der Waals surface area contributed by atoms with Gasteiger partial charge in [0.15, 0.2) is 0 Å². The minimum atomic E-state index is -0.213. The summed E-state index contributed by atoms with van der Waals surface area (Å²) in [5.41, 5.74) is 2.98. The quantitative estimate of drug-likeness (QED) is 0.892. The van der Waals surface area contributed by atoms with Gasteiger partial charge in [0.1, 0.15) is 0 Å². The average Bonchev–Trinajstić information content (AvgIpc) is 2.46. The minimum absolute atomic E-state index is 0.213. The second kappa shape index (κ2) is 6.70. The molecule has 2 N–H and O–H groups in total. The summed E-state index contributed by atoms with van der Waals surface area (Å²) in [7, 11) is 0. The number of rotatable bonds is 4. The smallest absolute Gasteiger partial charge is 0.319 e. The fourth-order valence-corrected chi connectivity index (χ4v) is 1.84. The van der Waals surface area contributed by atoms with Crippen LogP contribution in [0.5, 0.6) is 0 Å². The van der Waals surface area contributed by atoms with Crippen molar-refractivity contribution in [1.82, 2.24) is 10.3 Å². The van der Waals surface area contributed by atoms with E-state index in [2.05, 4.69) is 35.5 Å². The summed E-state index contributed by atoms with van der Waals surface area (Å²) < 4.78 is 0. The SMILES string of the molecule is CC(C)c1cccc(NC(=O)NCc2cccnc2)c1. The van der Waals surface area contributed by atoms with Crippen molar-refractivity contribution in [3.8, 4) is 0 Å². The van der Waals surface area contributed by atoms with Crippen LogP contribution in [0.1, 0.15) is 30.9 Å². The standard InChI is InChI=1S/C16H19N3O/c1-12(2)14-6-3-7-15(9-14)19-16(20)18-11-13-5-4-8-17-10-13/h3-10,12H,11H2,1-2H3,(H2,18,19,20). The summed E-state index contributed by atoms with van der Waals surface area (Å²) in [6, 6.07) is 11.4. The lowest BCUT2D eigenvalue weighted by Crippen LogP contribution is -2.28. The Morgan fingerprint density at radius 3 is 2.80 bits per heavy atom. The summed E-state index contributed by atoms with van der Waals surface area (Å²) in [5, 5.41) is 5.64. The summed E-state index contributed by atoms with van der Waals surface area (Å²) in [4.78, 5) is 15.8. The second-order valence-electron chi connectivity index (χ2n) is 4.95. The molecular weight excluding hydrogens is 250 g/mol. The number of benzene rings is 1. The van der Waals surface area contributed by atoms with Crippen LogP contribution >= 0.6 is 0 Å². The molecule has 0 aliphatic carbocycles. The molecule has 1 aromatic carbocycles. The Morgan fingerprint density at radius 1 is 1.25 bits per heavy atom. The molecule has 4 nitrogen and oxygen atoms in total. The first kappa shape index (κ1) is 14.1. The molecule has 0 saturated carbocycles. The molecule has 104 valence electrons. The van der Waals surface area contributed by atoms with E-state index in [1.54, 1.807) is 12.4 Å². The molecule has 0 atom stereocenters. The van der Waals surface area contributed by atoms with E-state index in [1.165, 1.54) is 5.56 Å². The summed E-state index contributed by atoms with van der Waals surface area (Å²) in [6.45, 7) is 4.72. The number of aromatic nitrogens is 1. The summed E-state index contributed by atoms with van der Waals surface area (Å²) >= 11 is 0. The van der Waals surface area contributed by atoms with E-state index in [0.29, 0.717) is 12.5 Å². The predicted molar refractivity (Wildman–Crippen MR) is 80.6 cm³/mol. The van der Waals surface area contributed by atoms with Crippen LogP contribution in [0.15, 0.2) is 48.8 Å². The Kier molecular flexibility index (Phi) is 4.71. The van der Waals surface area contributed by atoms with E-state index in [4.69, 9.17) is 0 Å². The van der Waals surface area contributed by atoms with Crippen LogP contribution in [0.4, 0.5) is 10.5 Å². The predicted octanol–water partition coefficient (Wildman–Crippen LogP) is 3.53. The largest absolute Gasteiger partial charge is 0.334 e. The van der Waals surface area contributed by atoms with Crippen LogP contribution in [0.25, 0.3) is 0 Å². The topological polar surface area (TPSA) is 54.0 Å². The summed E-state index contributed by atoms with van der Waals surface area (Å²) in [5.74, 6) is 0.440. The van der Waals surface area contributed by atoms with Crippen LogP contribution in [0.3, 0.4) is 0 Å². The highest BCUT2D eigenvalue weighted by molar-refractivity contribution is 5.89. The van der Waals surface area contributed by atoms with Gasteiger partial charge in [-0.3, -0.25) is 4.98 Å². The van der Waals surface area contributed by atoms with E-state index in [1.807, 2.05) is 30.3 Å². The molecular formula is C16H19N3O. The number of urea groups is 1. The number of nitrogens with one attached hydrogen (secondary N) is 2. The maximum Gasteiger partial charge on any atom is 0.319 e. The first-order chi connectivity index (χ1) is 9.65. The van der Waals surface area contributed by atoms with Crippen molar-refractivity contribution in [1.29, 1.82) is 0 Å². The molecule has 2 aromatic rings. The molecule has 20 heavy (non-hydrogen) atoms. The lowest BCUT2D eigenvalue weighted by atomic mass is 10.0. The highest BCUT2D eigenvalue weighted by Gasteiger charge is 2.04. The molecule has 0 saturated heterocycles. The minimum Gasteiger partial charge on any atom is -0.334 e. The van der Waals surface area contributed by atoms with Gasteiger partial charge in [0.25, 0.3) is 0 Å². The van der Waals surface area contributed by atoms with Gasteiger partial charge in [-0.15, -0.1) is 0 Å². The third-order valence-electron chi connectivity index (χ3n) is 2.99. The zero-order valence-electron chi connectivity index (χ0n) is 11.8. The van der Waals surface area contributed by atoms with Crippen LogP contribution < -0.4 is 10.6 Å². The lowest BCUT2D eigenvalue weighted by Gasteiger charge is -2.10. The molecule has 0 spiro atoms. The molecule has 0 aliphatic heterocycles. The zero-order chi connectivity index (χ0) is 14.4. The Morgan fingerprint density at radius 2 is 2.10 bits per heavy atom. The van der Waals surface area contributed by atoms with Crippen molar-refractivity contribution in [3.05, 3.63) is 59.9 Å². The van der Waals surface area contributed by atoms with E-state index >= 15 is 0 Å². The third kappa shape index (κ3) is 4.09. The Bertz CT molecular complexity index is 567. The number of amides is 2. The molecule has 0 bridgehead atoms. The van der Waals surface area contributed by atoms with Gasteiger partial charge in [0, 0.05) is 24.6 Å². The lowest BCUT2D eigenvalue weighted by molar-refractivity contribution is 0.251. The normalized spacial score (nSPS) is 10.3. The molecule has 2 rings (SSSR count). The van der Waals surface area contributed by atoms with Gasteiger partial charge in [0.05, 0.1) is 0 Å². The van der Waals surface area contributed by atoms with Crippen molar-refractivity contribution < 1.29 is 4.79 Å². The van der Waals surface area contributed by atoms with Crippen molar-refractivity contribution in [2.45, 2.75) is 26.3 Å². The van der Waals surface area contributed by atoms with Gasteiger partial charge in [-0.1, -0.05) is 32.0 Å². The van der Waals surface area contributed by atoms with Gasteiger partial charge < -0.3 is 10.6 Å². The molecule has 4 heteroatoms. The molecule has 0 fully saturated rings. The van der Waals surface area contributed by atoms with Crippen LogP contribution in [0, 0.1) is 0 Å². The third-order valence-corrected chi connectivity index (χ3v) is 2.99. The Labute approximate surface area is 119 Å².